The third kappa shape index (κ3) is 3.26. The van der Waals surface area contributed by atoms with Crippen LogP contribution in [-0.2, 0) is 11.3 Å². The lowest BCUT2D eigenvalue weighted by Crippen LogP contribution is -2.28. The Morgan fingerprint density at radius 3 is 2.60 bits per heavy atom. The molecule has 2 rings (SSSR count). The number of pyridine rings is 1. The largest absolute Gasteiger partial charge is 0.497 e. The molecule has 0 atom stereocenters. The first-order valence-corrected chi connectivity index (χ1v) is 6.20. The molecule has 20 heavy (non-hydrogen) atoms. The SMILES string of the molecule is COc1ccc(NC(=O)Cn2cccc(C)c2=O)cc1. The van der Waals surface area contributed by atoms with Crippen molar-refractivity contribution >= 4 is 11.6 Å². The number of aryl methyl sites for hydroxylation is 1. The van der Waals surface area contributed by atoms with Crippen molar-refractivity contribution in [3.05, 3.63) is 58.5 Å². The molecule has 1 N–H and O–H groups in total. The van der Waals surface area contributed by atoms with E-state index in [1.54, 1.807) is 56.6 Å². The molecule has 0 spiro atoms. The maximum atomic E-state index is 11.9. The van der Waals surface area contributed by atoms with Crippen molar-refractivity contribution in [1.29, 1.82) is 0 Å². The van der Waals surface area contributed by atoms with E-state index in [0.29, 0.717) is 11.3 Å². The minimum atomic E-state index is -0.247. The summed E-state index contributed by atoms with van der Waals surface area (Å²) in [5.74, 6) is 0.473. The van der Waals surface area contributed by atoms with E-state index in [2.05, 4.69) is 5.32 Å². The van der Waals surface area contributed by atoms with E-state index < -0.39 is 0 Å². The van der Waals surface area contributed by atoms with Crippen LogP contribution in [0.25, 0.3) is 0 Å². The summed E-state index contributed by atoms with van der Waals surface area (Å²) in [5.41, 5.74) is 1.12. The van der Waals surface area contributed by atoms with Gasteiger partial charge in [0, 0.05) is 17.4 Å². The van der Waals surface area contributed by atoms with Gasteiger partial charge in [-0.3, -0.25) is 9.59 Å². The van der Waals surface area contributed by atoms with E-state index in [9.17, 15) is 9.59 Å². The van der Waals surface area contributed by atoms with Gasteiger partial charge in [-0.25, -0.2) is 0 Å². The molecule has 104 valence electrons. The molecule has 0 saturated carbocycles. The molecular weight excluding hydrogens is 256 g/mol. The molecule has 0 saturated heterocycles. The van der Waals surface area contributed by atoms with Crippen LogP contribution >= 0.6 is 0 Å². The summed E-state index contributed by atoms with van der Waals surface area (Å²) in [6, 6.07) is 10.5. The molecule has 2 aromatic rings. The van der Waals surface area contributed by atoms with Gasteiger partial charge in [0.05, 0.1) is 7.11 Å². The molecule has 0 aliphatic carbocycles. The van der Waals surface area contributed by atoms with Gasteiger partial charge in [-0.15, -0.1) is 0 Å². The molecule has 5 heteroatoms. The predicted molar refractivity (Wildman–Crippen MR) is 77.1 cm³/mol. The van der Waals surface area contributed by atoms with Crippen LogP contribution in [0.3, 0.4) is 0 Å². The zero-order valence-electron chi connectivity index (χ0n) is 11.4. The minimum Gasteiger partial charge on any atom is -0.497 e. The predicted octanol–water partition coefficient (Wildman–Crippen LogP) is 1.80. The topological polar surface area (TPSA) is 60.3 Å². The van der Waals surface area contributed by atoms with Crippen LogP contribution in [0.1, 0.15) is 5.56 Å². The number of hydrogen-bond acceptors (Lipinski definition) is 3. The summed E-state index contributed by atoms with van der Waals surface area (Å²) in [6.45, 7) is 1.72. The second kappa shape index (κ2) is 6.06. The molecule has 0 aliphatic heterocycles. The van der Waals surface area contributed by atoms with E-state index >= 15 is 0 Å². The van der Waals surface area contributed by atoms with E-state index in [-0.39, 0.29) is 18.0 Å². The number of rotatable bonds is 4. The summed E-state index contributed by atoms with van der Waals surface area (Å²) in [4.78, 5) is 23.7. The smallest absolute Gasteiger partial charge is 0.253 e. The van der Waals surface area contributed by atoms with Crippen molar-refractivity contribution in [2.24, 2.45) is 0 Å². The molecule has 1 heterocycles. The molecule has 1 aromatic carbocycles. The summed E-state index contributed by atoms with van der Waals surface area (Å²) >= 11 is 0. The molecule has 1 amide bonds. The van der Waals surface area contributed by atoms with Gasteiger partial charge in [0.15, 0.2) is 0 Å². The fraction of sp³-hybridized carbons (Fsp3) is 0.200. The van der Waals surface area contributed by atoms with Gasteiger partial charge in [-0.05, 0) is 37.3 Å². The Balaban J connectivity index is 2.05. The highest BCUT2D eigenvalue weighted by molar-refractivity contribution is 5.90. The van der Waals surface area contributed by atoms with Crippen molar-refractivity contribution < 1.29 is 9.53 Å². The Morgan fingerprint density at radius 2 is 1.95 bits per heavy atom. The van der Waals surface area contributed by atoms with Crippen LogP contribution in [0.5, 0.6) is 5.75 Å². The number of ether oxygens (including phenoxy) is 1. The molecule has 0 fully saturated rings. The highest BCUT2D eigenvalue weighted by Gasteiger charge is 2.06. The Hall–Kier alpha value is -2.56. The van der Waals surface area contributed by atoms with Crippen LogP contribution in [0, 0.1) is 6.92 Å². The van der Waals surface area contributed by atoms with E-state index in [4.69, 9.17) is 4.74 Å². The maximum absolute atomic E-state index is 11.9. The quantitative estimate of drug-likeness (QED) is 0.923. The van der Waals surface area contributed by atoms with Crippen molar-refractivity contribution in [3.8, 4) is 5.75 Å². The van der Waals surface area contributed by atoms with Crippen LogP contribution in [0.4, 0.5) is 5.69 Å². The number of amides is 1. The second-order valence-corrected chi connectivity index (χ2v) is 4.40. The lowest BCUT2D eigenvalue weighted by molar-refractivity contribution is -0.116. The highest BCUT2D eigenvalue weighted by Crippen LogP contribution is 2.14. The number of anilines is 1. The van der Waals surface area contributed by atoms with Gasteiger partial charge in [-0.2, -0.15) is 0 Å². The van der Waals surface area contributed by atoms with Crippen LogP contribution in [0.15, 0.2) is 47.4 Å². The Bertz CT molecular complexity index is 660. The average Bonchev–Trinajstić information content (AvgIpc) is 2.45. The molecule has 5 nitrogen and oxygen atoms in total. The number of carbonyl (C=O) groups is 1. The normalized spacial score (nSPS) is 10.1. The number of hydrogen-bond donors (Lipinski definition) is 1. The van der Waals surface area contributed by atoms with Crippen molar-refractivity contribution in [1.82, 2.24) is 4.57 Å². The van der Waals surface area contributed by atoms with Crippen LogP contribution < -0.4 is 15.6 Å². The van der Waals surface area contributed by atoms with Crippen molar-refractivity contribution in [2.45, 2.75) is 13.5 Å². The molecule has 1 aromatic heterocycles. The fourth-order valence-corrected chi connectivity index (χ4v) is 1.81. The number of nitrogens with zero attached hydrogens (tertiary/aromatic N) is 1. The number of nitrogens with one attached hydrogen (secondary N) is 1. The minimum absolute atomic E-state index is 0.00740. The molecule has 0 unspecified atom stereocenters. The zero-order valence-corrected chi connectivity index (χ0v) is 11.4. The van der Waals surface area contributed by atoms with Gasteiger partial charge >= 0.3 is 0 Å². The number of benzene rings is 1. The summed E-state index contributed by atoms with van der Waals surface area (Å²) < 4.78 is 6.42. The van der Waals surface area contributed by atoms with Crippen molar-refractivity contribution in [3.63, 3.8) is 0 Å². The Labute approximate surface area is 116 Å². The average molecular weight is 272 g/mol. The molecule has 0 bridgehead atoms. The van der Waals surface area contributed by atoms with Crippen LogP contribution in [-0.4, -0.2) is 17.6 Å². The zero-order chi connectivity index (χ0) is 14.5. The van der Waals surface area contributed by atoms with Crippen LogP contribution in [0.2, 0.25) is 0 Å². The molecular formula is C15H16N2O3. The Kier molecular flexibility index (Phi) is 4.20. The molecule has 0 radical (unpaired) electrons. The van der Waals surface area contributed by atoms with Gasteiger partial charge in [0.25, 0.3) is 5.56 Å². The summed E-state index contributed by atoms with van der Waals surface area (Å²) in [5, 5.41) is 2.73. The summed E-state index contributed by atoms with van der Waals surface area (Å²) in [6.07, 6.45) is 1.60. The van der Waals surface area contributed by atoms with Gasteiger partial charge in [-0.1, -0.05) is 6.07 Å². The third-order valence-corrected chi connectivity index (χ3v) is 2.90. The second-order valence-electron chi connectivity index (χ2n) is 4.40. The van der Waals surface area contributed by atoms with Gasteiger partial charge in [0.1, 0.15) is 12.3 Å². The highest BCUT2D eigenvalue weighted by atomic mass is 16.5. The lowest BCUT2D eigenvalue weighted by Gasteiger charge is -2.08. The van der Waals surface area contributed by atoms with Gasteiger partial charge in [0.2, 0.25) is 5.91 Å². The van der Waals surface area contributed by atoms with Crippen molar-refractivity contribution in [2.75, 3.05) is 12.4 Å². The molecule has 0 aliphatic rings. The van der Waals surface area contributed by atoms with Gasteiger partial charge < -0.3 is 14.6 Å². The number of aromatic nitrogens is 1. The van der Waals surface area contributed by atoms with E-state index in [0.717, 1.165) is 5.75 Å². The fourth-order valence-electron chi connectivity index (χ4n) is 1.81. The Morgan fingerprint density at radius 1 is 1.25 bits per heavy atom. The first kappa shape index (κ1) is 13.9. The maximum Gasteiger partial charge on any atom is 0.253 e. The number of methoxy groups -OCH3 is 1. The summed E-state index contributed by atoms with van der Waals surface area (Å²) in [7, 11) is 1.58. The van der Waals surface area contributed by atoms with E-state index in [1.165, 1.54) is 4.57 Å². The standard InChI is InChI=1S/C15H16N2O3/c1-11-4-3-9-17(15(11)19)10-14(18)16-12-5-7-13(20-2)8-6-12/h3-9H,10H2,1-2H3,(H,16,18). The first-order chi connectivity index (χ1) is 9.60. The monoisotopic (exact) mass is 272 g/mol. The lowest BCUT2D eigenvalue weighted by atomic mass is 10.3. The third-order valence-electron chi connectivity index (χ3n) is 2.90. The van der Waals surface area contributed by atoms with E-state index in [1.807, 2.05) is 0 Å². The number of carbonyl (C=O) groups excluding carboxylic acids is 1. The first-order valence-electron chi connectivity index (χ1n) is 6.20.